The third-order valence-electron chi connectivity index (χ3n) is 2.91. The molecule has 1 aliphatic rings. The molecule has 1 fully saturated rings. The summed E-state index contributed by atoms with van der Waals surface area (Å²) in [4.78, 5) is 22.9. The molecule has 1 heterocycles. The van der Waals surface area contributed by atoms with Gasteiger partial charge in [-0.1, -0.05) is 6.07 Å². The molecule has 1 unspecified atom stereocenters. The van der Waals surface area contributed by atoms with Crippen LogP contribution in [0.5, 0.6) is 5.75 Å². The van der Waals surface area contributed by atoms with E-state index >= 15 is 0 Å². The van der Waals surface area contributed by atoms with E-state index in [-0.39, 0.29) is 18.6 Å². The molecular weight excluding hydrogens is 262 g/mol. The second kappa shape index (κ2) is 6.91. The van der Waals surface area contributed by atoms with Crippen molar-refractivity contribution in [2.75, 3.05) is 25.6 Å². The summed E-state index contributed by atoms with van der Waals surface area (Å²) >= 11 is 0. The van der Waals surface area contributed by atoms with Crippen molar-refractivity contribution in [2.24, 2.45) is 0 Å². The molecule has 1 amide bonds. The fourth-order valence-electron chi connectivity index (χ4n) is 1.87. The minimum atomic E-state index is -0.459. The van der Waals surface area contributed by atoms with E-state index in [0.29, 0.717) is 18.0 Å². The van der Waals surface area contributed by atoms with Gasteiger partial charge in [0.15, 0.2) is 6.61 Å². The van der Waals surface area contributed by atoms with Crippen molar-refractivity contribution in [3.8, 4) is 5.75 Å². The normalized spacial score (nSPS) is 17.6. The van der Waals surface area contributed by atoms with Gasteiger partial charge < -0.3 is 19.5 Å². The molecule has 1 atom stereocenters. The quantitative estimate of drug-likeness (QED) is 0.824. The highest BCUT2D eigenvalue weighted by molar-refractivity contribution is 5.94. The molecule has 0 aliphatic carbocycles. The second-order valence-corrected chi connectivity index (χ2v) is 4.38. The summed E-state index contributed by atoms with van der Waals surface area (Å²) in [6, 6.07) is 6.83. The summed E-state index contributed by atoms with van der Waals surface area (Å²) < 4.78 is 15.0. The zero-order valence-electron chi connectivity index (χ0n) is 11.3. The van der Waals surface area contributed by atoms with E-state index in [1.54, 1.807) is 24.3 Å². The SMILES string of the molecule is COC(=O)COc1cccc(NC(=O)C2CCCO2)c1. The molecule has 0 bridgehead atoms. The summed E-state index contributed by atoms with van der Waals surface area (Å²) in [5, 5.41) is 2.77. The van der Waals surface area contributed by atoms with E-state index < -0.39 is 5.97 Å². The van der Waals surface area contributed by atoms with Gasteiger partial charge in [-0.25, -0.2) is 4.79 Å². The first kappa shape index (κ1) is 14.3. The summed E-state index contributed by atoms with van der Waals surface area (Å²) in [6.07, 6.45) is 1.26. The summed E-state index contributed by atoms with van der Waals surface area (Å²) in [7, 11) is 1.30. The lowest BCUT2D eigenvalue weighted by Crippen LogP contribution is -2.26. The molecule has 108 valence electrons. The van der Waals surface area contributed by atoms with Crippen molar-refractivity contribution in [3.63, 3.8) is 0 Å². The number of methoxy groups -OCH3 is 1. The van der Waals surface area contributed by atoms with Crippen LogP contribution in [0, 0.1) is 0 Å². The zero-order chi connectivity index (χ0) is 14.4. The lowest BCUT2D eigenvalue weighted by Gasteiger charge is -2.11. The van der Waals surface area contributed by atoms with Gasteiger partial charge in [-0.2, -0.15) is 0 Å². The Morgan fingerprint density at radius 2 is 2.30 bits per heavy atom. The number of nitrogens with one attached hydrogen (secondary N) is 1. The largest absolute Gasteiger partial charge is 0.482 e. The van der Waals surface area contributed by atoms with Crippen LogP contribution in [0.15, 0.2) is 24.3 Å². The molecule has 1 aromatic rings. The smallest absolute Gasteiger partial charge is 0.343 e. The average Bonchev–Trinajstić information content (AvgIpc) is 2.99. The first-order chi connectivity index (χ1) is 9.69. The van der Waals surface area contributed by atoms with Gasteiger partial charge in [0.2, 0.25) is 0 Å². The molecule has 0 saturated carbocycles. The van der Waals surface area contributed by atoms with Crippen molar-refractivity contribution in [2.45, 2.75) is 18.9 Å². The zero-order valence-corrected chi connectivity index (χ0v) is 11.3. The number of anilines is 1. The minimum Gasteiger partial charge on any atom is -0.482 e. The molecule has 0 aromatic heterocycles. The van der Waals surface area contributed by atoms with Gasteiger partial charge in [0, 0.05) is 18.4 Å². The van der Waals surface area contributed by atoms with Crippen LogP contribution in [0.4, 0.5) is 5.69 Å². The van der Waals surface area contributed by atoms with E-state index in [9.17, 15) is 9.59 Å². The van der Waals surface area contributed by atoms with Crippen molar-refractivity contribution < 1.29 is 23.8 Å². The number of carbonyl (C=O) groups excluding carboxylic acids is 2. The maximum atomic E-state index is 11.9. The molecule has 0 spiro atoms. The number of carbonyl (C=O) groups is 2. The van der Waals surface area contributed by atoms with Crippen LogP contribution in [-0.2, 0) is 19.1 Å². The summed E-state index contributed by atoms with van der Waals surface area (Å²) in [5.74, 6) is -0.132. The molecule has 1 aliphatic heterocycles. The lowest BCUT2D eigenvalue weighted by atomic mass is 10.2. The fourth-order valence-corrected chi connectivity index (χ4v) is 1.87. The highest BCUT2D eigenvalue weighted by Crippen LogP contribution is 2.19. The molecule has 1 N–H and O–H groups in total. The number of amides is 1. The highest BCUT2D eigenvalue weighted by atomic mass is 16.6. The number of hydrogen-bond donors (Lipinski definition) is 1. The highest BCUT2D eigenvalue weighted by Gasteiger charge is 2.23. The predicted molar refractivity (Wildman–Crippen MR) is 71.6 cm³/mol. The van der Waals surface area contributed by atoms with E-state index in [0.717, 1.165) is 12.8 Å². The Hall–Kier alpha value is -2.08. The van der Waals surface area contributed by atoms with Gasteiger partial charge in [0.25, 0.3) is 5.91 Å². The standard InChI is InChI=1S/C14H17NO5/c1-18-13(16)9-20-11-5-2-4-10(8-11)15-14(17)12-6-3-7-19-12/h2,4-5,8,12H,3,6-7,9H2,1H3,(H,15,17). The lowest BCUT2D eigenvalue weighted by molar-refractivity contribution is -0.142. The number of ether oxygens (including phenoxy) is 3. The van der Waals surface area contributed by atoms with Crippen molar-refractivity contribution in [3.05, 3.63) is 24.3 Å². The van der Waals surface area contributed by atoms with E-state index in [1.165, 1.54) is 7.11 Å². The Morgan fingerprint density at radius 1 is 1.45 bits per heavy atom. The number of rotatable bonds is 5. The van der Waals surface area contributed by atoms with E-state index in [2.05, 4.69) is 10.1 Å². The van der Waals surface area contributed by atoms with E-state index in [4.69, 9.17) is 9.47 Å². The van der Waals surface area contributed by atoms with Crippen LogP contribution in [0.2, 0.25) is 0 Å². The predicted octanol–water partition coefficient (Wildman–Crippen LogP) is 1.36. The Kier molecular flexibility index (Phi) is 4.95. The van der Waals surface area contributed by atoms with Gasteiger partial charge in [0.1, 0.15) is 11.9 Å². The number of hydrogen-bond acceptors (Lipinski definition) is 5. The maximum Gasteiger partial charge on any atom is 0.343 e. The average molecular weight is 279 g/mol. The monoisotopic (exact) mass is 279 g/mol. The first-order valence-corrected chi connectivity index (χ1v) is 6.41. The maximum absolute atomic E-state index is 11.9. The molecule has 6 heteroatoms. The van der Waals surface area contributed by atoms with Crippen LogP contribution >= 0.6 is 0 Å². The molecule has 0 radical (unpaired) electrons. The van der Waals surface area contributed by atoms with Crippen LogP contribution in [0.3, 0.4) is 0 Å². The third-order valence-corrected chi connectivity index (χ3v) is 2.91. The molecular formula is C14H17NO5. The Morgan fingerprint density at radius 3 is 3.00 bits per heavy atom. The van der Waals surface area contributed by atoms with Crippen LogP contribution in [-0.4, -0.2) is 38.3 Å². The van der Waals surface area contributed by atoms with Gasteiger partial charge in [0.05, 0.1) is 7.11 Å². The minimum absolute atomic E-state index is 0.160. The van der Waals surface area contributed by atoms with Crippen molar-refractivity contribution in [1.82, 2.24) is 0 Å². The van der Waals surface area contributed by atoms with E-state index in [1.807, 2.05) is 0 Å². The van der Waals surface area contributed by atoms with Crippen LogP contribution in [0.25, 0.3) is 0 Å². The van der Waals surface area contributed by atoms with Crippen LogP contribution in [0.1, 0.15) is 12.8 Å². The Labute approximate surface area is 117 Å². The second-order valence-electron chi connectivity index (χ2n) is 4.38. The first-order valence-electron chi connectivity index (χ1n) is 6.41. The van der Waals surface area contributed by atoms with Gasteiger partial charge in [-0.3, -0.25) is 4.79 Å². The molecule has 2 rings (SSSR count). The molecule has 6 nitrogen and oxygen atoms in total. The summed E-state index contributed by atoms with van der Waals surface area (Å²) in [6.45, 7) is 0.458. The Bertz CT molecular complexity index is 482. The van der Waals surface area contributed by atoms with Crippen LogP contribution < -0.4 is 10.1 Å². The third kappa shape index (κ3) is 3.96. The van der Waals surface area contributed by atoms with Gasteiger partial charge in [-0.15, -0.1) is 0 Å². The van der Waals surface area contributed by atoms with Crippen molar-refractivity contribution >= 4 is 17.6 Å². The molecule has 1 saturated heterocycles. The summed E-state index contributed by atoms with van der Waals surface area (Å²) in [5.41, 5.74) is 0.605. The molecule has 1 aromatic carbocycles. The number of benzene rings is 1. The topological polar surface area (TPSA) is 73.9 Å². The Balaban J connectivity index is 1.91. The molecule has 20 heavy (non-hydrogen) atoms. The number of esters is 1. The van der Waals surface area contributed by atoms with Gasteiger partial charge >= 0.3 is 5.97 Å². The van der Waals surface area contributed by atoms with Gasteiger partial charge in [-0.05, 0) is 25.0 Å². The van der Waals surface area contributed by atoms with Crippen molar-refractivity contribution in [1.29, 1.82) is 0 Å². The fraction of sp³-hybridized carbons (Fsp3) is 0.429.